The summed E-state index contributed by atoms with van der Waals surface area (Å²) in [5.74, 6) is 0.555. The topological polar surface area (TPSA) is 50.8 Å². The van der Waals surface area contributed by atoms with E-state index in [2.05, 4.69) is 23.7 Å². The number of para-hydroxylation sites is 1. The Morgan fingerprint density at radius 1 is 1.30 bits per heavy atom. The first-order valence-corrected chi connectivity index (χ1v) is 7.40. The highest BCUT2D eigenvalue weighted by molar-refractivity contribution is 6.34. The summed E-state index contributed by atoms with van der Waals surface area (Å²) in [6.07, 6.45) is 2.22. The van der Waals surface area contributed by atoms with Crippen LogP contribution in [0.5, 0.6) is 0 Å². The van der Waals surface area contributed by atoms with Gasteiger partial charge in [-0.15, -0.1) is 0 Å². The Bertz CT molecular complexity index is 536. The summed E-state index contributed by atoms with van der Waals surface area (Å²) in [6, 6.07) is 7.80. The van der Waals surface area contributed by atoms with Crippen LogP contribution < -0.4 is 10.6 Å². The van der Waals surface area contributed by atoms with Gasteiger partial charge in [-0.3, -0.25) is 4.99 Å². The van der Waals surface area contributed by atoms with Crippen LogP contribution in [0, 0.1) is 0 Å². The lowest BCUT2D eigenvalue weighted by Crippen LogP contribution is -2.57. The third-order valence-electron chi connectivity index (χ3n) is 4.13. The SMILES string of the molecule is CC1CC2(CN=C(N)N2c2ccccc2Cl)CC(C)O1. The van der Waals surface area contributed by atoms with Gasteiger partial charge in [-0.25, -0.2) is 0 Å². The fourth-order valence-electron chi connectivity index (χ4n) is 3.58. The van der Waals surface area contributed by atoms with Crippen molar-refractivity contribution >= 4 is 23.2 Å². The van der Waals surface area contributed by atoms with Gasteiger partial charge in [0.2, 0.25) is 0 Å². The summed E-state index contributed by atoms with van der Waals surface area (Å²) in [5.41, 5.74) is 6.99. The monoisotopic (exact) mass is 293 g/mol. The van der Waals surface area contributed by atoms with E-state index in [-0.39, 0.29) is 17.7 Å². The van der Waals surface area contributed by atoms with Gasteiger partial charge in [0.05, 0.1) is 35.0 Å². The second kappa shape index (κ2) is 4.93. The van der Waals surface area contributed by atoms with E-state index in [4.69, 9.17) is 22.1 Å². The van der Waals surface area contributed by atoms with Crippen molar-refractivity contribution in [2.75, 3.05) is 11.4 Å². The first-order chi connectivity index (χ1) is 9.52. The van der Waals surface area contributed by atoms with Gasteiger partial charge in [0, 0.05) is 0 Å². The van der Waals surface area contributed by atoms with Crippen LogP contribution in [0.2, 0.25) is 5.02 Å². The van der Waals surface area contributed by atoms with E-state index in [1.54, 1.807) is 0 Å². The van der Waals surface area contributed by atoms with Crippen LogP contribution in [0.15, 0.2) is 29.3 Å². The molecule has 3 rings (SSSR count). The lowest BCUT2D eigenvalue weighted by Gasteiger charge is -2.46. The number of anilines is 1. The van der Waals surface area contributed by atoms with Crippen molar-refractivity contribution in [2.24, 2.45) is 10.7 Å². The molecule has 1 aromatic carbocycles. The van der Waals surface area contributed by atoms with E-state index >= 15 is 0 Å². The molecule has 2 aliphatic rings. The second-order valence-electron chi connectivity index (χ2n) is 5.85. The number of nitrogens with two attached hydrogens (primary N) is 1. The molecule has 0 aliphatic carbocycles. The Kier molecular flexibility index (Phi) is 3.38. The molecular weight excluding hydrogens is 274 g/mol. The zero-order valence-electron chi connectivity index (χ0n) is 11.8. The number of hydrogen-bond acceptors (Lipinski definition) is 4. The molecule has 0 radical (unpaired) electrons. The summed E-state index contributed by atoms with van der Waals surface area (Å²) in [7, 11) is 0. The van der Waals surface area contributed by atoms with Crippen LogP contribution in [-0.2, 0) is 4.74 Å². The summed E-state index contributed by atoms with van der Waals surface area (Å²) in [6.45, 7) is 4.93. The minimum atomic E-state index is -0.105. The number of aliphatic imine (C=N–C) groups is 1. The highest BCUT2D eigenvalue weighted by atomic mass is 35.5. The summed E-state index contributed by atoms with van der Waals surface area (Å²) >= 11 is 6.36. The number of guanidine groups is 1. The number of ether oxygens (including phenoxy) is 1. The first-order valence-electron chi connectivity index (χ1n) is 7.02. The first kappa shape index (κ1) is 13.7. The Labute approximate surface area is 124 Å². The molecule has 2 unspecified atom stereocenters. The summed E-state index contributed by atoms with van der Waals surface area (Å²) < 4.78 is 5.87. The molecule has 1 saturated heterocycles. The molecule has 20 heavy (non-hydrogen) atoms. The molecule has 2 aliphatic heterocycles. The van der Waals surface area contributed by atoms with E-state index in [0.717, 1.165) is 18.5 Å². The molecule has 0 aromatic heterocycles. The number of halogens is 1. The van der Waals surface area contributed by atoms with Crippen LogP contribution in [0.1, 0.15) is 26.7 Å². The maximum Gasteiger partial charge on any atom is 0.196 e. The molecule has 4 nitrogen and oxygen atoms in total. The van der Waals surface area contributed by atoms with E-state index in [1.165, 1.54) is 0 Å². The van der Waals surface area contributed by atoms with Gasteiger partial charge in [0.25, 0.3) is 0 Å². The van der Waals surface area contributed by atoms with Crippen molar-refractivity contribution in [3.8, 4) is 0 Å². The Balaban J connectivity index is 2.02. The fraction of sp³-hybridized carbons (Fsp3) is 0.533. The molecule has 2 atom stereocenters. The number of benzene rings is 1. The van der Waals surface area contributed by atoms with Gasteiger partial charge in [-0.05, 0) is 38.8 Å². The Morgan fingerprint density at radius 2 is 1.95 bits per heavy atom. The van der Waals surface area contributed by atoms with Crippen molar-refractivity contribution in [3.05, 3.63) is 29.3 Å². The maximum absolute atomic E-state index is 6.36. The highest BCUT2D eigenvalue weighted by Crippen LogP contribution is 2.42. The summed E-state index contributed by atoms with van der Waals surface area (Å²) in [4.78, 5) is 6.60. The van der Waals surface area contributed by atoms with Gasteiger partial charge in [0.1, 0.15) is 0 Å². The highest BCUT2D eigenvalue weighted by Gasteiger charge is 2.48. The average Bonchev–Trinajstić information content (AvgIpc) is 2.66. The predicted octanol–water partition coefficient (Wildman–Crippen LogP) is 2.80. The number of hydrogen-bond donors (Lipinski definition) is 1. The molecule has 5 heteroatoms. The van der Waals surface area contributed by atoms with E-state index in [1.807, 2.05) is 24.3 Å². The largest absolute Gasteiger partial charge is 0.375 e. The van der Waals surface area contributed by atoms with Crippen molar-refractivity contribution in [1.82, 2.24) is 0 Å². The van der Waals surface area contributed by atoms with Gasteiger partial charge in [-0.2, -0.15) is 0 Å². The number of nitrogens with zero attached hydrogens (tertiary/aromatic N) is 2. The van der Waals surface area contributed by atoms with Crippen LogP contribution in [0.25, 0.3) is 0 Å². The van der Waals surface area contributed by atoms with Gasteiger partial charge in [-0.1, -0.05) is 23.7 Å². The van der Waals surface area contributed by atoms with Gasteiger partial charge >= 0.3 is 0 Å². The van der Waals surface area contributed by atoms with Crippen molar-refractivity contribution in [2.45, 2.75) is 44.4 Å². The molecule has 0 amide bonds. The second-order valence-corrected chi connectivity index (χ2v) is 6.26. The lowest BCUT2D eigenvalue weighted by molar-refractivity contribution is -0.0559. The maximum atomic E-state index is 6.36. The van der Waals surface area contributed by atoms with Crippen molar-refractivity contribution in [3.63, 3.8) is 0 Å². The van der Waals surface area contributed by atoms with Gasteiger partial charge < -0.3 is 15.4 Å². The van der Waals surface area contributed by atoms with E-state index in [9.17, 15) is 0 Å². The zero-order chi connectivity index (χ0) is 14.3. The normalized spacial score (nSPS) is 33.5. The minimum absolute atomic E-state index is 0.105. The van der Waals surface area contributed by atoms with E-state index < -0.39 is 0 Å². The van der Waals surface area contributed by atoms with Crippen LogP contribution in [0.4, 0.5) is 5.69 Å². The minimum Gasteiger partial charge on any atom is -0.375 e. The molecule has 1 aromatic rings. The third-order valence-corrected chi connectivity index (χ3v) is 4.45. The third kappa shape index (κ3) is 2.17. The molecule has 2 heterocycles. The predicted molar refractivity (Wildman–Crippen MR) is 82.4 cm³/mol. The molecule has 2 N–H and O–H groups in total. The number of rotatable bonds is 1. The fourth-order valence-corrected chi connectivity index (χ4v) is 3.80. The molecule has 0 saturated carbocycles. The quantitative estimate of drug-likeness (QED) is 0.866. The van der Waals surface area contributed by atoms with Crippen molar-refractivity contribution < 1.29 is 4.74 Å². The standard InChI is InChI=1S/C15H20ClN3O/c1-10-7-15(8-11(2)20-10)9-18-14(17)19(15)13-6-4-3-5-12(13)16/h3-6,10-11H,7-9H2,1-2H3,(H2,17,18). The molecule has 1 spiro atoms. The Hall–Kier alpha value is -1.26. The van der Waals surface area contributed by atoms with Crippen LogP contribution in [0.3, 0.4) is 0 Å². The smallest absolute Gasteiger partial charge is 0.196 e. The van der Waals surface area contributed by atoms with Crippen molar-refractivity contribution in [1.29, 1.82) is 0 Å². The zero-order valence-corrected chi connectivity index (χ0v) is 12.6. The van der Waals surface area contributed by atoms with Crippen LogP contribution >= 0.6 is 11.6 Å². The van der Waals surface area contributed by atoms with E-state index in [0.29, 0.717) is 17.5 Å². The average molecular weight is 294 g/mol. The molecular formula is C15H20ClN3O. The van der Waals surface area contributed by atoms with Crippen LogP contribution in [-0.4, -0.2) is 30.3 Å². The summed E-state index contributed by atoms with van der Waals surface area (Å²) in [5, 5.41) is 0.707. The lowest BCUT2D eigenvalue weighted by atomic mass is 9.83. The Morgan fingerprint density at radius 3 is 2.60 bits per heavy atom. The molecule has 0 bridgehead atoms. The molecule has 108 valence electrons. The molecule has 1 fully saturated rings. The van der Waals surface area contributed by atoms with Gasteiger partial charge in [0.15, 0.2) is 5.96 Å².